The summed E-state index contributed by atoms with van der Waals surface area (Å²) >= 11 is 0. The molecule has 3 heterocycles. The molecule has 6 rings (SSSR count). The summed E-state index contributed by atoms with van der Waals surface area (Å²) in [5.74, 6) is 0.120. The zero-order valence-electron chi connectivity index (χ0n) is 24.1. The van der Waals surface area contributed by atoms with Gasteiger partial charge in [0.15, 0.2) is 11.5 Å². The molecule has 2 N–H and O–H groups in total. The van der Waals surface area contributed by atoms with Crippen LogP contribution in [0, 0.1) is 0 Å². The minimum atomic E-state index is -4.76. The number of anilines is 2. The van der Waals surface area contributed by atoms with Gasteiger partial charge in [-0.05, 0) is 80.3 Å². The normalized spacial score (nSPS) is 21.1. The largest absolute Gasteiger partial charge is 0.573 e. The second-order valence-electron chi connectivity index (χ2n) is 11.4. The number of oxazole rings is 1. The molecular weight excluding hydrogens is 602 g/mol. The number of hydrogen-bond donors (Lipinski definition) is 2. The van der Waals surface area contributed by atoms with Crippen LogP contribution in [0.5, 0.6) is 5.75 Å². The van der Waals surface area contributed by atoms with Crippen LogP contribution in [-0.4, -0.2) is 52.3 Å². The van der Waals surface area contributed by atoms with E-state index in [0.29, 0.717) is 23.0 Å². The lowest BCUT2D eigenvalue weighted by Crippen LogP contribution is -2.54. The van der Waals surface area contributed by atoms with Crippen molar-refractivity contribution in [1.82, 2.24) is 20.1 Å². The molecule has 1 saturated heterocycles. The van der Waals surface area contributed by atoms with Crippen molar-refractivity contribution in [2.75, 3.05) is 23.3 Å². The number of nitrogens with zero attached hydrogens (tertiary/aromatic N) is 4. The number of hydrogen-bond acceptors (Lipinski definition) is 7. The molecule has 2 aromatic heterocycles. The van der Waals surface area contributed by atoms with Gasteiger partial charge in [0, 0.05) is 48.7 Å². The molecule has 1 saturated carbocycles. The maximum Gasteiger partial charge on any atom is 0.573 e. The maximum absolute atomic E-state index is 12.9. The lowest BCUT2D eigenvalue weighted by molar-refractivity contribution is -0.274. The molecule has 240 valence electrons. The first-order valence-corrected chi connectivity index (χ1v) is 14.8. The van der Waals surface area contributed by atoms with Crippen LogP contribution in [0.4, 0.5) is 38.0 Å². The van der Waals surface area contributed by atoms with Gasteiger partial charge in [0.25, 0.3) is 6.01 Å². The topological polar surface area (TPSA) is 80.4 Å². The number of piperidine rings is 1. The second kappa shape index (κ2) is 12.7. The lowest BCUT2D eigenvalue weighted by atomic mass is 9.89. The van der Waals surface area contributed by atoms with Gasteiger partial charge < -0.3 is 24.7 Å². The number of rotatable bonds is 8. The van der Waals surface area contributed by atoms with E-state index in [1.54, 1.807) is 18.3 Å². The molecule has 2 unspecified atom stereocenters. The third-order valence-electron chi connectivity index (χ3n) is 8.18. The minimum absolute atomic E-state index is 0.0816. The summed E-state index contributed by atoms with van der Waals surface area (Å²) in [7, 11) is 0. The fourth-order valence-corrected chi connectivity index (χ4v) is 6.04. The second-order valence-corrected chi connectivity index (χ2v) is 11.4. The molecule has 14 heteroatoms. The van der Waals surface area contributed by atoms with Gasteiger partial charge in [0.05, 0.1) is 11.9 Å². The zero-order chi connectivity index (χ0) is 31.6. The van der Waals surface area contributed by atoms with Crippen molar-refractivity contribution in [3.8, 4) is 22.8 Å². The number of halogens is 6. The molecule has 0 bridgehead atoms. The molecule has 2 aromatic carbocycles. The molecular formula is C31H32F6N6O2. The monoisotopic (exact) mass is 634 g/mol. The Kier molecular flexibility index (Phi) is 8.67. The van der Waals surface area contributed by atoms with E-state index in [1.807, 2.05) is 12.1 Å². The van der Waals surface area contributed by atoms with Crippen LogP contribution < -0.4 is 20.3 Å². The predicted octanol–water partition coefficient (Wildman–Crippen LogP) is 7.43. The molecule has 2 aliphatic rings. The van der Waals surface area contributed by atoms with E-state index < -0.39 is 18.2 Å². The lowest BCUT2D eigenvalue weighted by Gasteiger charge is -2.40. The molecule has 4 aromatic rings. The van der Waals surface area contributed by atoms with E-state index in [9.17, 15) is 26.3 Å². The standard InChI is InChI=1S/C31H32F6N6O2/c32-30(33,34)28-15-17-43(41-28)23-11-9-22(10-12-23)42-16-3-4-21(19-42)39-25-5-1-2-6-26(25)40-29-38-18-27(44-29)20-7-13-24(14-8-20)45-31(35,36)37/h7-15,17-18,21,25-26,39H,1-6,16,19H2,(H,38,40)/t21-,25?,26?/m0/s1. The van der Waals surface area contributed by atoms with Crippen molar-refractivity contribution in [1.29, 1.82) is 0 Å². The Hall–Kier alpha value is -4.20. The third kappa shape index (κ3) is 7.72. The van der Waals surface area contributed by atoms with Gasteiger partial charge in [0.1, 0.15) is 5.75 Å². The summed E-state index contributed by atoms with van der Waals surface area (Å²) in [6.45, 7) is 1.67. The van der Waals surface area contributed by atoms with Crippen LogP contribution in [0.2, 0.25) is 0 Å². The summed E-state index contributed by atoms with van der Waals surface area (Å²) < 4.78 is 87.3. The Morgan fingerprint density at radius 2 is 1.53 bits per heavy atom. The number of nitrogens with one attached hydrogen (secondary N) is 2. The fourth-order valence-electron chi connectivity index (χ4n) is 6.04. The zero-order valence-corrected chi connectivity index (χ0v) is 24.1. The van der Waals surface area contributed by atoms with Crippen molar-refractivity contribution in [2.24, 2.45) is 0 Å². The van der Waals surface area contributed by atoms with Crippen molar-refractivity contribution in [3.05, 3.63) is 72.7 Å². The van der Waals surface area contributed by atoms with Gasteiger partial charge in [-0.25, -0.2) is 9.67 Å². The van der Waals surface area contributed by atoms with Crippen LogP contribution in [-0.2, 0) is 6.18 Å². The highest BCUT2D eigenvalue weighted by atomic mass is 19.4. The highest BCUT2D eigenvalue weighted by Crippen LogP contribution is 2.31. The first kappa shape index (κ1) is 30.8. The van der Waals surface area contributed by atoms with E-state index in [0.717, 1.165) is 63.4 Å². The summed E-state index contributed by atoms with van der Waals surface area (Å²) in [4.78, 5) is 6.64. The Morgan fingerprint density at radius 1 is 0.822 bits per heavy atom. The van der Waals surface area contributed by atoms with Crippen LogP contribution in [0.25, 0.3) is 17.0 Å². The van der Waals surface area contributed by atoms with Crippen molar-refractivity contribution >= 4 is 11.7 Å². The number of aromatic nitrogens is 3. The van der Waals surface area contributed by atoms with Crippen molar-refractivity contribution < 1.29 is 35.5 Å². The van der Waals surface area contributed by atoms with Gasteiger partial charge >= 0.3 is 12.5 Å². The van der Waals surface area contributed by atoms with Gasteiger partial charge in [0.2, 0.25) is 0 Å². The number of ether oxygens (including phenoxy) is 1. The highest BCUT2D eigenvalue weighted by molar-refractivity contribution is 5.58. The predicted molar refractivity (Wildman–Crippen MR) is 155 cm³/mol. The average Bonchev–Trinajstić information content (AvgIpc) is 3.69. The van der Waals surface area contributed by atoms with E-state index in [2.05, 4.69) is 30.4 Å². The van der Waals surface area contributed by atoms with Crippen LogP contribution >= 0.6 is 0 Å². The Morgan fingerprint density at radius 3 is 2.22 bits per heavy atom. The molecule has 1 aliphatic heterocycles. The number of alkyl halides is 6. The van der Waals surface area contributed by atoms with Gasteiger partial charge in [-0.15, -0.1) is 13.2 Å². The molecule has 3 atom stereocenters. The molecule has 45 heavy (non-hydrogen) atoms. The summed E-state index contributed by atoms with van der Waals surface area (Å²) in [6.07, 6.45) is -0.306. The average molecular weight is 635 g/mol. The van der Waals surface area contributed by atoms with E-state index in [4.69, 9.17) is 4.42 Å². The molecule has 0 radical (unpaired) electrons. The van der Waals surface area contributed by atoms with Crippen LogP contribution in [0.3, 0.4) is 0 Å². The molecule has 2 fully saturated rings. The van der Waals surface area contributed by atoms with Crippen molar-refractivity contribution in [3.63, 3.8) is 0 Å². The first-order chi connectivity index (χ1) is 21.5. The smallest absolute Gasteiger partial charge is 0.424 e. The van der Waals surface area contributed by atoms with Gasteiger partial charge in [-0.1, -0.05) is 12.8 Å². The van der Waals surface area contributed by atoms with Gasteiger partial charge in [-0.2, -0.15) is 18.3 Å². The van der Waals surface area contributed by atoms with E-state index in [1.165, 1.54) is 35.1 Å². The van der Waals surface area contributed by atoms with Gasteiger partial charge in [-0.3, -0.25) is 0 Å². The van der Waals surface area contributed by atoms with E-state index >= 15 is 0 Å². The molecule has 0 amide bonds. The minimum Gasteiger partial charge on any atom is -0.424 e. The van der Waals surface area contributed by atoms with Crippen molar-refractivity contribution in [2.45, 2.75) is 69.2 Å². The Bertz CT molecular complexity index is 1550. The summed E-state index contributed by atoms with van der Waals surface area (Å²) in [5, 5.41) is 10.9. The highest BCUT2D eigenvalue weighted by Gasteiger charge is 2.34. The molecule has 8 nitrogen and oxygen atoms in total. The maximum atomic E-state index is 12.9. The number of benzene rings is 2. The first-order valence-electron chi connectivity index (χ1n) is 14.8. The van der Waals surface area contributed by atoms with Crippen LogP contribution in [0.1, 0.15) is 44.2 Å². The fraction of sp³-hybridized carbons (Fsp3) is 0.419. The summed E-state index contributed by atoms with van der Waals surface area (Å²) in [5.41, 5.74) is 1.20. The molecule has 0 spiro atoms. The summed E-state index contributed by atoms with van der Waals surface area (Å²) in [6, 6.07) is 14.6. The Balaban J connectivity index is 1.05. The Labute approximate surface area is 255 Å². The van der Waals surface area contributed by atoms with E-state index in [-0.39, 0.29) is 23.9 Å². The third-order valence-corrected chi connectivity index (χ3v) is 8.18. The molecule has 1 aliphatic carbocycles. The quantitative estimate of drug-likeness (QED) is 0.195. The van der Waals surface area contributed by atoms with Crippen LogP contribution in [0.15, 0.2) is 71.4 Å². The SMILES string of the molecule is FC(F)(F)Oc1ccc(-c2cnc(NC3CCCCC3N[C@H]3CCCN(c4ccc(-n5ccc(C(F)(F)F)n5)cc4)C3)o2)cc1.